The Morgan fingerprint density at radius 3 is 2.62 bits per heavy atom. The number of carbonyl (C=O) groups is 1. The first-order chi connectivity index (χ1) is 10.0. The van der Waals surface area contributed by atoms with Gasteiger partial charge in [0, 0.05) is 5.69 Å². The molecule has 2 aromatic carbocycles. The Bertz CT molecular complexity index is 606. The lowest BCUT2D eigenvalue weighted by Crippen LogP contribution is -2.20. The summed E-state index contributed by atoms with van der Waals surface area (Å²) < 4.78 is 5.43. The average Bonchev–Trinajstić information content (AvgIpc) is 2.48. The van der Waals surface area contributed by atoms with Gasteiger partial charge < -0.3 is 15.2 Å². The van der Waals surface area contributed by atoms with Crippen LogP contribution in [0.1, 0.15) is 24.2 Å². The molecule has 2 N–H and O–H groups in total. The van der Waals surface area contributed by atoms with Crippen molar-refractivity contribution in [1.82, 2.24) is 0 Å². The number of hydrogen-bond acceptors (Lipinski definition) is 3. The van der Waals surface area contributed by atoms with Crippen molar-refractivity contribution in [2.45, 2.75) is 20.0 Å². The summed E-state index contributed by atoms with van der Waals surface area (Å²) in [5, 5.41) is 12.3. The SMILES string of the molecule is Cc1ccc(NC(=O)COc2cccc([C@@H](C)O)c2)cc1. The van der Waals surface area contributed by atoms with Crippen LogP contribution >= 0.6 is 0 Å². The number of carbonyl (C=O) groups excluding carboxylic acids is 1. The van der Waals surface area contributed by atoms with Crippen molar-refractivity contribution in [1.29, 1.82) is 0 Å². The van der Waals surface area contributed by atoms with Crippen LogP contribution in [0.4, 0.5) is 5.69 Å². The molecule has 0 fully saturated rings. The lowest BCUT2D eigenvalue weighted by atomic mass is 10.1. The topological polar surface area (TPSA) is 58.6 Å². The summed E-state index contributed by atoms with van der Waals surface area (Å²) in [7, 11) is 0. The van der Waals surface area contributed by atoms with Crippen LogP contribution in [0.15, 0.2) is 48.5 Å². The van der Waals surface area contributed by atoms with Gasteiger partial charge in [0.2, 0.25) is 0 Å². The van der Waals surface area contributed by atoms with Crippen molar-refractivity contribution < 1.29 is 14.6 Å². The highest BCUT2D eigenvalue weighted by molar-refractivity contribution is 5.91. The number of benzene rings is 2. The molecule has 2 aromatic rings. The quantitative estimate of drug-likeness (QED) is 0.887. The molecule has 0 unspecified atom stereocenters. The van der Waals surface area contributed by atoms with Crippen molar-refractivity contribution in [2.24, 2.45) is 0 Å². The number of ether oxygens (including phenoxy) is 1. The van der Waals surface area contributed by atoms with Crippen LogP contribution in [0.25, 0.3) is 0 Å². The summed E-state index contributed by atoms with van der Waals surface area (Å²) in [5.74, 6) is 0.341. The van der Waals surface area contributed by atoms with Crippen LogP contribution in [0.5, 0.6) is 5.75 Å². The molecule has 0 aromatic heterocycles. The lowest BCUT2D eigenvalue weighted by Gasteiger charge is -2.10. The summed E-state index contributed by atoms with van der Waals surface area (Å²) in [4.78, 5) is 11.8. The number of aliphatic hydroxyl groups excluding tert-OH is 1. The molecule has 0 saturated heterocycles. The molecule has 0 heterocycles. The lowest BCUT2D eigenvalue weighted by molar-refractivity contribution is -0.118. The Kier molecular flexibility index (Phi) is 4.95. The van der Waals surface area contributed by atoms with E-state index in [1.807, 2.05) is 37.3 Å². The fraction of sp³-hybridized carbons (Fsp3) is 0.235. The predicted octanol–water partition coefficient (Wildman–Crippen LogP) is 3.07. The van der Waals surface area contributed by atoms with Gasteiger partial charge in [-0.25, -0.2) is 0 Å². The second-order valence-corrected chi connectivity index (χ2v) is 4.95. The Morgan fingerprint density at radius 2 is 1.95 bits per heavy atom. The van der Waals surface area contributed by atoms with E-state index in [2.05, 4.69) is 5.32 Å². The summed E-state index contributed by atoms with van der Waals surface area (Å²) in [6.45, 7) is 3.60. The second kappa shape index (κ2) is 6.90. The van der Waals surface area contributed by atoms with Crippen LogP contribution in [0.2, 0.25) is 0 Å². The van der Waals surface area contributed by atoms with E-state index in [9.17, 15) is 9.90 Å². The van der Waals surface area contributed by atoms with Gasteiger partial charge in [-0.05, 0) is 43.7 Å². The molecule has 1 atom stereocenters. The van der Waals surface area contributed by atoms with Gasteiger partial charge in [-0.3, -0.25) is 4.79 Å². The monoisotopic (exact) mass is 285 g/mol. The number of amides is 1. The van der Waals surface area contributed by atoms with Crippen molar-refractivity contribution in [2.75, 3.05) is 11.9 Å². The first-order valence-corrected chi connectivity index (χ1v) is 6.82. The molecule has 21 heavy (non-hydrogen) atoms. The Balaban J connectivity index is 1.89. The zero-order valence-electron chi connectivity index (χ0n) is 12.2. The van der Waals surface area contributed by atoms with Gasteiger partial charge in [0.05, 0.1) is 6.10 Å². The number of aryl methyl sites for hydroxylation is 1. The van der Waals surface area contributed by atoms with Crippen LogP contribution in [0, 0.1) is 6.92 Å². The van der Waals surface area contributed by atoms with E-state index in [1.165, 1.54) is 0 Å². The highest BCUT2D eigenvalue weighted by Gasteiger charge is 2.06. The molecule has 4 nitrogen and oxygen atoms in total. The summed E-state index contributed by atoms with van der Waals surface area (Å²) in [6.07, 6.45) is -0.560. The molecule has 110 valence electrons. The molecular formula is C17H19NO3. The highest BCUT2D eigenvalue weighted by Crippen LogP contribution is 2.18. The third-order valence-electron chi connectivity index (χ3n) is 3.05. The average molecular weight is 285 g/mol. The van der Waals surface area contributed by atoms with Crippen LogP contribution in [0.3, 0.4) is 0 Å². The zero-order chi connectivity index (χ0) is 15.2. The normalized spacial score (nSPS) is 11.8. The molecule has 0 radical (unpaired) electrons. The Hall–Kier alpha value is -2.33. The molecule has 0 aliphatic carbocycles. The van der Waals surface area contributed by atoms with E-state index in [0.717, 1.165) is 16.8 Å². The van der Waals surface area contributed by atoms with Crippen LogP contribution in [-0.4, -0.2) is 17.6 Å². The highest BCUT2D eigenvalue weighted by atomic mass is 16.5. The maximum atomic E-state index is 11.8. The second-order valence-electron chi connectivity index (χ2n) is 4.95. The zero-order valence-corrected chi connectivity index (χ0v) is 12.2. The minimum atomic E-state index is -0.560. The smallest absolute Gasteiger partial charge is 0.262 e. The van der Waals surface area contributed by atoms with Gasteiger partial charge in [0.1, 0.15) is 5.75 Å². The van der Waals surface area contributed by atoms with E-state index in [-0.39, 0.29) is 12.5 Å². The van der Waals surface area contributed by atoms with Gasteiger partial charge in [-0.1, -0.05) is 29.8 Å². The van der Waals surface area contributed by atoms with Gasteiger partial charge in [-0.15, -0.1) is 0 Å². The number of rotatable bonds is 5. The van der Waals surface area contributed by atoms with Crippen molar-refractivity contribution in [3.8, 4) is 5.75 Å². The third-order valence-corrected chi connectivity index (χ3v) is 3.05. The first-order valence-electron chi connectivity index (χ1n) is 6.82. The third kappa shape index (κ3) is 4.61. The minimum absolute atomic E-state index is 0.0723. The van der Waals surface area contributed by atoms with Crippen molar-refractivity contribution in [3.05, 3.63) is 59.7 Å². The van der Waals surface area contributed by atoms with Crippen molar-refractivity contribution in [3.63, 3.8) is 0 Å². The molecule has 0 bridgehead atoms. The molecule has 1 amide bonds. The molecular weight excluding hydrogens is 266 g/mol. The van der Waals surface area contributed by atoms with Gasteiger partial charge in [-0.2, -0.15) is 0 Å². The van der Waals surface area contributed by atoms with Gasteiger partial charge in [0.15, 0.2) is 6.61 Å². The predicted molar refractivity (Wildman–Crippen MR) is 82.4 cm³/mol. The van der Waals surface area contributed by atoms with Gasteiger partial charge in [0.25, 0.3) is 5.91 Å². The Morgan fingerprint density at radius 1 is 1.24 bits per heavy atom. The van der Waals surface area contributed by atoms with E-state index in [4.69, 9.17) is 4.74 Å². The summed E-state index contributed by atoms with van der Waals surface area (Å²) in [5.41, 5.74) is 2.64. The van der Waals surface area contributed by atoms with E-state index < -0.39 is 6.10 Å². The number of nitrogens with one attached hydrogen (secondary N) is 1. The summed E-state index contributed by atoms with van der Waals surface area (Å²) >= 11 is 0. The number of aliphatic hydroxyl groups is 1. The molecule has 0 saturated carbocycles. The largest absolute Gasteiger partial charge is 0.484 e. The molecule has 0 aliphatic heterocycles. The first kappa shape index (κ1) is 15.1. The minimum Gasteiger partial charge on any atom is -0.484 e. The van der Waals surface area contributed by atoms with E-state index >= 15 is 0 Å². The maximum Gasteiger partial charge on any atom is 0.262 e. The fourth-order valence-corrected chi connectivity index (χ4v) is 1.85. The molecule has 0 spiro atoms. The Labute approximate surface area is 124 Å². The van der Waals surface area contributed by atoms with Gasteiger partial charge >= 0.3 is 0 Å². The molecule has 0 aliphatic rings. The summed E-state index contributed by atoms with van der Waals surface area (Å²) in [6, 6.07) is 14.6. The fourth-order valence-electron chi connectivity index (χ4n) is 1.85. The van der Waals surface area contributed by atoms with E-state index in [0.29, 0.717) is 5.75 Å². The molecule has 2 rings (SSSR count). The molecule has 4 heteroatoms. The van der Waals surface area contributed by atoms with Crippen LogP contribution < -0.4 is 10.1 Å². The number of anilines is 1. The van der Waals surface area contributed by atoms with E-state index in [1.54, 1.807) is 25.1 Å². The van der Waals surface area contributed by atoms with Crippen molar-refractivity contribution >= 4 is 11.6 Å². The maximum absolute atomic E-state index is 11.8. The number of hydrogen-bond donors (Lipinski definition) is 2. The standard InChI is InChI=1S/C17H19NO3/c1-12-6-8-15(9-7-12)18-17(20)11-21-16-5-3-4-14(10-16)13(2)19/h3-10,13,19H,11H2,1-2H3,(H,18,20)/t13-/m1/s1. The van der Waals surface area contributed by atoms with Crippen LogP contribution in [-0.2, 0) is 4.79 Å².